The quantitative estimate of drug-likeness (QED) is 0.896. The zero-order valence-corrected chi connectivity index (χ0v) is 12.3. The molecule has 1 aliphatic heterocycles. The van der Waals surface area contributed by atoms with E-state index in [0.29, 0.717) is 11.5 Å². The van der Waals surface area contributed by atoms with Gasteiger partial charge in [-0.05, 0) is 19.8 Å². The van der Waals surface area contributed by atoms with E-state index in [-0.39, 0.29) is 11.9 Å². The van der Waals surface area contributed by atoms with Gasteiger partial charge in [-0.3, -0.25) is 4.79 Å². The van der Waals surface area contributed by atoms with Gasteiger partial charge in [0.05, 0.1) is 14.2 Å². The fourth-order valence-electron chi connectivity index (χ4n) is 2.41. The molecular weight excluding hydrogens is 256 g/mol. The highest BCUT2D eigenvalue weighted by atomic mass is 16.5. The van der Waals surface area contributed by atoms with Gasteiger partial charge in [-0.25, -0.2) is 0 Å². The van der Waals surface area contributed by atoms with Gasteiger partial charge in [-0.2, -0.15) is 0 Å². The number of ether oxygens (including phenoxy) is 2. The second-order valence-electron chi connectivity index (χ2n) is 5.00. The van der Waals surface area contributed by atoms with Crippen LogP contribution >= 0.6 is 0 Å². The SMILES string of the molecule is COc1cc(N[C@@H](C)C(=O)N2CCCC2)cc(OC)c1. The average Bonchev–Trinajstić information content (AvgIpc) is 3.00. The van der Waals surface area contributed by atoms with Crippen LogP contribution in [0.4, 0.5) is 5.69 Å². The van der Waals surface area contributed by atoms with Gasteiger partial charge in [-0.1, -0.05) is 0 Å². The van der Waals surface area contributed by atoms with Gasteiger partial charge in [-0.15, -0.1) is 0 Å². The van der Waals surface area contributed by atoms with Gasteiger partial charge in [0.1, 0.15) is 17.5 Å². The monoisotopic (exact) mass is 278 g/mol. The van der Waals surface area contributed by atoms with E-state index < -0.39 is 0 Å². The lowest BCUT2D eigenvalue weighted by molar-refractivity contribution is -0.130. The third kappa shape index (κ3) is 3.35. The maximum absolute atomic E-state index is 12.3. The molecule has 5 nitrogen and oxygen atoms in total. The summed E-state index contributed by atoms with van der Waals surface area (Å²) in [6, 6.07) is 5.26. The summed E-state index contributed by atoms with van der Waals surface area (Å²) in [5.41, 5.74) is 0.821. The van der Waals surface area contributed by atoms with Crippen molar-refractivity contribution in [3.8, 4) is 11.5 Å². The van der Waals surface area contributed by atoms with E-state index in [0.717, 1.165) is 31.6 Å². The molecular formula is C15H22N2O3. The van der Waals surface area contributed by atoms with E-state index in [9.17, 15) is 4.79 Å². The number of amides is 1. The molecule has 20 heavy (non-hydrogen) atoms. The molecule has 0 unspecified atom stereocenters. The van der Waals surface area contributed by atoms with E-state index in [2.05, 4.69) is 5.32 Å². The molecule has 1 amide bonds. The Balaban J connectivity index is 2.06. The fourth-order valence-corrected chi connectivity index (χ4v) is 2.41. The first-order valence-electron chi connectivity index (χ1n) is 6.92. The number of methoxy groups -OCH3 is 2. The zero-order chi connectivity index (χ0) is 14.5. The van der Waals surface area contributed by atoms with Crippen LogP contribution in [-0.2, 0) is 4.79 Å². The standard InChI is InChI=1S/C15H22N2O3/c1-11(15(18)17-6-4-5-7-17)16-12-8-13(19-2)10-14(9-12)20-3/h8-11,16H,4-7H2,1-3H3/t11-/m0/s1. The second kappa shape index (κ2) is 6.50. The Morgan fingerprint density at radius 3 is 2.20 bits per heavy atom. The minimum atomic E-state index is -0.259. The summed E-state index contributed by atoms with van der Waals surface area (Å²) in [5.74, 6) is 1.55. The zero-order valence-electron chi connectivity index (χ0n) is 12.3. The van der Waals surface area contributed by atoms with Crippen LogP contribution in [0.3, 0.4) is 0 Å². The lowest BCUT2D eigenvalue weighted by Gasteiger charge is -2.22. The maximum Gasteiger partial charge on any atom is 0.244 e. The topological polar surface area (TPSA) is 50.8 Å². The summed E-state index contributed by atoms with van der Waals surface area (Å²) >= 11 is 0. The van der Waals surface area contributed by atoms with Gasteiger partial charge in [0.25, 0.3) is 0 Å². The third-order valence-electron chi connectivity index (χ3n) is 3.52. The number of benzene rings is 1. The second-order valence-corrected chi connectivity index (χ2v) is 5.00. The van der Waals surface area contributed by atoms with Gasteiger partial charge in [0, 0.05) is 37.0 Å². The van der Waals surface area contributed by atoms with Crippen molar-refractivity contribution >= 4 is 11.6 Å². The minimum absolute atomic E-state index is 0.143. The van der Waals surface area contributed by atoms with Crippen LogP contribution in [0.25, 0.3) is 0 Å². The van der Waals surface area contributed by atoms with E-state index in [1.807, 2.05) is 24.0 Å². The molecule has 1 aromatic carbocycles. The molecule has 1 aliphatic rings. The number of rotatable bonds is 5. The average molecular weight is 278 g/mol. The van der Waals surface area contributed by atoms with Crippen molar-refractivity contribution in [2.75, 3.05) is 32.6 Å². The number of hydrogen-bond acceptors (Lipinski definition) is 4. The molecule has 110 valence electrons. The summed E-state index contributed by atoms with van der Waals surface area (Å²) in [6.07, 6.45) is 2.21. The first kappa shape index (κ1) is 14.5. The lowest BCUT2D eigenvalue weighted by Crippen LogP contribution is -2.39. The Labute approximate surface area is 119 Å². The highest BCUT2D eigenvalue weighted by molar-refractivity contribution is 5.84. The summed E-state index contributed by atoms with van der Waals surface area (Å²) in [6.45, 7) is 3.62. The van der Waals surface area contributed by atoms with Crippen LogP contribution in [0.15, 0.2) is 18.2 Å². The molecule has 0 aliphatic carbocycles. The van der Waals surface area contributed by atoms with Gasteiger partial charge in [0.2, 0.25) is 5.91 Å². The molecule has 0 spiro atoms. The van der Waals surface area contributed by atoms with Crippen LogP contribution in [0.2, 0.25) is 0 Å². The highest BCUT2D eigenvalue weighted by Crippen LogP contribution is 2.26. The van der Waals surface area contributed by atoms with Gasteiger partial charge in [0.15, 0.2) is 0 Å². The van der Waals surface area contributed by atoms with Crippen LogP contribution in [0.5, 0.6) is 11.5 Å². The van der Waals surface area contributed by atoms with Crippen molar-refractivity contribution < 1.29 is 14.3 Å². The number of likely N-dealkylation sites (tertiary alicyclic amines) is 1. The molecule has 1 aromatic rings. The first-order chi connectivity index (χ1) is 9.63. The van der Waals surface area contributed by atoms with Crippen molar-refractivity contribution in [2.24, 2.45) is 0 Å². The molecule has 1 saturated heterocycles. The van der Waals surface area contributed by atoms with Crippen molar-refractivity contribution in [3.05, 3.63) is 18.2 Å². The van der Waals surface area contributed by atoms with Crippen molar-refractivity contribution in [1.29, 1.82) is 0 Å². The molecule has 0 radical (unpaired) electrons. The summed E-state index contributed by atoms with van der Waals surface area (Å²) in [5, 5.41) is 3.22. The summed E-state index contributed by atoms with van der Waals surface area (Å²) in [7, 11) is 3.22. The van der Waals surface area contributed by atoms with E-state index in [1.165, 1.54) is 0 Å². The molecule has 2 rings (SSSR count). The molecule has 1 fully saturated rings. The van der Waals surface area contributed by atoms with Crippen molar-refractivity contribution in [2.45, 2.75) is 25.8 Å². The number of carbonyl (C=O) groups is 1. The Hall–Kier alpha value is -1.91. The predicted octanol–water partition coefficient (Wildman–Crippen LogP) is 2.13. The highest BCUT2D eigenvalue weighted by Gasteiger charge is 2.23. The normalized spacial score (nSPS) is 15.8. The van der Waals surface area contributed by atoms with Gasteiger partial charge >= 0.3 is 0 Å². The van der Waals surface area contributed by atoms with Gasteiger partial charge < -0.3 is 19.7 Å². The molecule has 1 N–H and O–H groups in total. The van der Waals surface area contributed by atoms with Crippen LogP contribution < -0.4 is 14.8 Å². The summed E-state index contributed by atoms with van der Waals surface area (Å²) in [4.78, 5) is 14.2. The van der Waals surface area contributed by atoms with Crippen LogP contribution in [0, 0.1) is 0 Å². The molecule has 0 aromatic heterocycles. The lowest BCUT2D eigenvalue weighted by atomic mass is 10.2. The Morgan fingerprint density at radius 2 is 1.70 bits per heavy atom. The number of anilines is 1. The van der Waals surface area contributed by atoms with E-state index in [1.54, 1.807) is 20.3 Å². The van der Waals surface area contributed by atoms with Crippen LogP contribution in [-0.4, -0.2) is 44.2 Å². The predicted molar refractivity (Wildman–Crippen MR) is 78.4 cm³/mol. The maximum atomic E-state index is 12.3. The third-order valence-corrected chi connectivity index (χ3v) is 3.52. The van der Waals surface area contributed by atoms with E-state index in [4.69, 9.17) is 9.47 Å². The Kier molecular flexibility index (Phi) is 4.71. The Morgan fingerprint density at radius 1 is 1.15 bits per heavy atom. The molecule has 5 heteroatoms. The molecule has 0 saturated carbocycles. The van der Waals surface area contributed by atoms with Crippen molar-refractivity contribution in [3.63, 3.8) is 0 Å². The smallest absolute Gasteiger partial charge is 0.244 e. The van der Waals surface area contributed by atoms with Crippen molar-refractivity contribution in [1.82, 2.24) is 4.90 Å². The largest absolute Gasteiger partial charge is 0.497 e. The van der Waals surface area contributed by atoms with Crippen LogP contribution in [0.1, 0.15) is 19.8 Å². The summed E-state index contributed by atoms with van der Waals surface area (Å²) < 4.78 is 10.4. The number of nitrogens with zero attached hydrogens (tertiary/aromatic N) is 1. The molecule has 1 heterocycles. The fraction of sp³-hybridized carbons (Fsp3) is 0.533. The minimum Gasteiger partial charge on any atom is -0.497 e. The molecule has 0 bridgehead atoms. The Bertz CT molecular complexity index is 448. The number of carbonyl (C=O) groups excluding carboxylic acids is 1. The first-order valence-corrected chi connectivity index (χ1v) is 6.92. The number of nitrogens with one attached hydrogen (secondary N) is 1. The molecule has 1 atom stereocenters. The van der Waals surface area contributed by atoms with E-state index >= 15 is 0 Å². The number of hydrogen-bond donors (Lipinski definition) is 1.